The summed E-state index contributed by atoms with van der Waals surface area (Å²) in [6.07, 6.45) is -1.23. The van der Waals surface area contributed by atoms with Gasteiger partial charge in [0.2, 0.25) is 17.6 Å². The van der Waals surface area contributed by atoms with Gasteiger partial charge in [0.25, 0.3) is 11.5 Å². The van der Waals surface area contributed by atoms with Gasteiger partial charge in [-0.2, -0.15) is 22.7 Å². The first-order valence-electron chi connectivity index (χ1n) is 15.8. The van der Waals surface area contributed by atoms with Crippen molar-refractivity contribution < 1.29 is 27.9 Å². The number of alkyl halides is 3. The number of fused-ring (bicyclic) bond motifs is 2. The molecule has 3 aromatic heterocycles. The molecule has 2 N–H and O–H groups in total. The molecule has 0 saturated carbocycles. The molecule has 2 saturated heterocycles. The van der Waals surface area contributed by atoms with Gasteiger partial charge in [0, 0.05) is 45.0 Å². The van der Waals surface area contributed by atoms with E-state index < -0.39 is 29.1 Å². The van der Waals surface area contributed by atoms with Crippen molar-refractivity contribution in [2.45, 2.75) is 52.3 Å². The number of halogens is 3. The number of piperazine rings is 1. The molecular formula is C31H33F3N10O4. The second-order valence-corrected chi connectivity index (χ2v) is 12.1. The number of nitrogens with one attached hydrogen (secondary N) is 1. The van der Waals surface area contributed by atoms with E-state index in [1.165, 1.54) is 16.9 Å². The Labute approximate surface area is 271 Å². The van der Waals surface area contributed by atoms with E-state index in [-0.39, 0.29) is 67.6 Å². The number of rotatable bonds is 7. The van der Waals surface area contributed by atoms with Crippen LogP contribution in [0, 0.1) is 6.92 Å². The van der Waals surface area contributed by atoms with Crippen molar-refractivity contribution >= 4 is 34.9 Å². The zero-order valence-electron chi connectivity index (χ0n) is 26.3. The predicted molar refractivity (Wildman–Crippen MR) is 167 cm³/mol. The molecule has 1 aliphatic carbocycles. The van der Waals surface area contributed by atoms with Gasteiger partial charge in [-0.05, 0) is 55.9 Å². The van der Waals surface area contributed by atoms with Crippen molar-refractivity contribution in [3.8, 4) is 5.75 Å². The molecule has 0 spiro atoms. The van der Waals surface area contributed by atoms with Gasteiger partial charge in [-0.1, -0.05) is 6.92 Å². The monoisotopic (exact) mass is 666 g/mol. The highest BCUT2D eigenvalue weighted by molar-refractivity contribution is 5.95. The molecule has 7 rings (SSSR count). The summed E-state index contributed by atoms with van der Waals surface area (Å²) in [4.78, 5) is 58.7. The Morgan fingerprint density at radius 1 is 1.00 bits per heavy atom. The maximum Gasteiger partial charge on any atom is 0.416 e. The van der Waals surface area contributed by atoms with Gasteiger partial charge < -0.3 is 29.7 Å². The molecule has 1 aromatic carbocycles. The highest BCUT2D eigenvalue weighted by Gasteiger charge is 2.37. The van der Waals surface area contributed by atoms with Crippen LogP contribution in [-0.4, -0.2) is 90.2 Å². The maximum atomic E-state index is 14.1. The number of hydrogen-bond donors (Lipinski definition) is 2. The van der Waals surface area contributed by atoms with Crippen molar-refractivity contribution in [2.75, 3.05) is 54.4 Å². The molecule has 0 bridgehead atoms. The zero-order chi connectivity index (χ0) is 33.9. The standard InChI is InChI=1S/C31H33F3N10O4/c1-3-22-25(40-11-13-41(14-12-40)27(47)24-26(46)17(2)35-16-36-24)28(48)44-30(38-29(39-44)42-9-4-10-42)43(22)15-23(45)37-21-8-7-20(31(32,33)34)18-5-6-19(18)21/h7-8,16,46H,3-6,9-15H2,1-2H3,(H,37,45). The molecule has 2 aliphatic heterocycles. The van der Waals surface area contributed by atoms with Gasteiger partial charge >= 0.3 is 6.18 Å². The third kappa shape index (κ3) is 5.26. The number of benzene rings is 1. The fourth-order valence-electron chi connectivity index (χ4n) is 6.53. The van der Waals surface area contributed by atoms with Crippen LogP contribution < -0.4 is 20.7 Å². The summed E-state index contributed by atoms with van der Waals surface area (Å²) < 4.78 is 43.3. The SMILES string of the molecule is CCc1c(N2CCN(C(=O)c3ncnc(C)c3O)CC2)c(=O)n2nc(N3CCC3)nc2n1CC(=O)Nc1ccc(C(F)(F)F)c2c1CC2. The molecule has 14 nitrogen and oxygen atoms in total. The minimum absolute atomic E-state index is 0.0934. The van der Waals surface area contributed by atoms with Crippen molar-refractivity contribution in [3.05, 3.63) is 62.6 Å². The van der Waals surface area contributed by atoms with Gasteiger partial charge in [0.1, 0.15) is 18.6 Å². The number of carbonyl (C=O) groups is 2. The Balaban J connectivity index is 1.20. The fourth-order valence-corrected chi connectivity index (χ4v) is 6.53. The van der Waals surface area contributed by atoms with E-state index in [2.05, 4.69) is 25.4 Å². The summed E-state index contributed by atoms with van der Waals surface area (Å²) in [6.45, 7) is 5.66. The van der Waals surface area contributed by atoms with Gasteiger partial charge in [-0.25, -0.2) is 9.97 Å². The first-order valence-corrected chi connectivity index (χ1v) is 15.8. The summed E-state index contributed by atoms with van der Waals surface area (Å²) in [5.41, 5.74) is 0.957. The van der Waals surface area contributed by atoms with Crippen LogP contribution in [0.25, 0.3) is 5.78 Å². The highest BCUT2D eigenvalue weighted by Crippen LogP contribution is 2.41. The number of carbonyl (C=O) groups excluding carboxylic acids is 2. The molecule has 0 radical (unpaired) electrons. The Hall–Kier alpha value is -5.22. The van der Waals surface area contributed by atoms with Crippen molar-refractivity contribution in [1.29, 1.82) is 0 Å². The smallest absolute Gasteiger partial charge is 0.416 e. The molecule has 252 valence electrons. The maximum absolute atomic E-state index is 14.1. The Kier molecular flexibility index (Phi) is 7.71. The van der Waals surface area contributed by atoms with E-state index in [1.807, 2.05) is 16.7 Å². The summed E-state index contributed by atoms with van der Waals surface area (Å²) >= 11 is 0. The first kappa shape index (κ1) is 31.4. The van der Waals surface area contributed by atoms with E-state index in [1.54, 1.807) is 16.4 Å². The molecule has 5 heterocycles. The number of nitrogens with zero attached hydrogens (tertiary/aromatic N) is 9. The van der Waals surface area contributed by atoms with Crippen LogP contribution in [0.1, 0.15) is 51.9 Å². The second kappa shape index (κ2) is 11.8. The van der Waals surface area contributed by atoms with E-state index >= 15 is 0 Å². The summed E-state index contributed by atoms with van der Waals surface area (Å²) in [5.74, 6) is -0.668. The molecule has 2 fully saturated rings. The average Bonchev–Trinajstić information content (AvgIpc) is 3.44. The minimum atomic E-state index is -4.47. The highest BCUT2D eigenvalue weighted by atomic mass is 19.4. The van der Waals surface area contributed by atoms with Crippen molar-refractivity contribution in [3.63, 3.8) is 0 Å². The van der Waals surface area contributed by atoms with Gasteiger partial charge in [-0.15, -0.1) is 5.10 Å². The largest absolute Gasteiger partial charge is 0.504 e. The molecule has 3 aliphatic rings. The van der Waals surface area contributed by atoms with Gasteiger partial charge in [-0.3, -0.25) is 14.4 Å². The van der Waals surface area contributed by atoms with Crippen molar-refractivity contribution in [1.82, 2.24) is 34.0 Å². The van der Waals surface area contributed by atoms with Crippen LogP contribution in [-0.2, 0) is 36.8 Å². The number of amides is 2. The molecule has 17 heteroatoms. The topological polar surface area (TPSA) is 154 Å². The zero-order valence-corrected chi connectivity index (χ0v) is 26.3. The number of anilines is 3. The Morgan fingerprint density at radius 3 is 2.35 bits per heavy atom. The quantitative estimate of drug-likeness (QED) is 0.300. The lowest BCUT2D eigenvalue weighted by Crippen LogP contribution is -2.51. The lowest BCUT2D eigenvalue weighted by molar-refractivity contribution is -0.138. The van der Waals surface area contributed by atoms with Gasteiger partial charge in [0.05, 0.1) is 17.0 Å². The van der Waals surface area contributed by atoms with E-state index in [0.29, 0.717) is 41.4 Å². The van der Waals surface area contributed by atoms with Crippen LogP contribution in [0.5, 0.6) is 5.75 Å². The van der Waals surface area contributed by atoms with Crippen LogP contribution in [0.2, 0.25) is 0 Å². The summed E-state index contributed by atoms with van der Waals surface area (Å²) in [6, 6.07) is 2.28. The third-order valence-electron chi connectivity index (χ3n) is 9.32. The predicted octanol–water partition coefficient (Wildman–Crippen LogP) is 2.19. The fraction of sp³-hybridized carbons (Fsp3) is 0.452. The average molecular weight is 667 g/mol. The normalized spacial score (nSPS) is 16.1. The number of hydrogen-bond acceptors (Lipinski definition) is 10. The van der Waals surface area contributed by atoms with Gasteiger partial charge in [0.15, 0.2) is 11.4 Å². The molecular weight excluding hydrogens is 633 g/mol. The Bertz CT molecular complexity index is 2010. The number of aryl methyl sites for hydroxylation is 1. The van der Waals surface area contributed by atoms with Crippen LogP contribution in [0.15, 0.2) is 23.3 Å². The lowest BCUT2D eigenvalue weighted by Gasteiger charge is -2.36. The number of aromatic hydroxyl groups is 1. The van der Waals surface area contributed by atoms with Crippen molar-refractivity contribution in [2.24, 2.45) is 0 Å². The van der Waals surface area contributed by atoms with Crippen LogP contribution >= 0.6 is 0 Å². The molecule has 0 atom stereocenters. The van der Waals surface area contributed by atoms with Crippen LogP contribution in [0.3, 0.4) is 0 Å². The van der Waals surface area contributed by atoms with Crippen LogP contribution in [0.4, 0.5) is 30.5 Å². The van der Waals surface area contributed by atoms with E-state index in [9.17, 15) is 32.7 Å². The summed E-state index contributed by atoms with van der Waals surface area (Å²) in [5, 5.41) is 17.6. The Morgan fingerprint density at radius 2 is 1.73 bits per heavy atom. The number of aromatic nitrogens is 6. The molecule has 48 heavy (non-hydrogen) atoms. The minimum Gasteiger partial charge on any atom is -0.504 e. The second-order valence-electron chi connectivity index (χ2n) is 12.1. The molecule has 4 aromatic rings. The third-order valence-corrected chi connectivity index (χ3v) is 9.32. The first-order chi connectivity index (χ1) is 23.0. The molecule has 2 amide bonds. The lowest BCUT2D eigenvalue weighted by atomic mass is 9.83. The molecule has 0 unspecified atom stereocenters. The van der Waals surface area contributed by atoms with E-state index in [0.717, 1.165) is 25.6 Å². The van der Waals surface area contributed by atoms with E-state index in [4.69, 9.17) is 0 Å². The summed E-state index contributed by atoms with van der Waals surface area (Å²) in [7, 11) is 0.